The first-order chi connectivity index (χ1) is 9.08. The summed E-state index contributed by atoms with van der Waals surface area (Å²) in [6.07, 6.45) is 1.63. The van der Waals surface area contributed by atoms with Crippen LogP contribution >= 0.6 is 0 Å². The van der Waals surface area contributed by atoms with Crippen LogP contribution in [0, 0.1) is 17.0 Å². The van der Waals surface area contributed by atoms with Crippen molar-refractivity contribution >= 4 is 5.69 Å². The molecule has 1 heterocycles. The molecule has 1 aromatic heterocycles. The minimum atomic E-state index is -0.352. The number of nitro groups is 1. The molecule has 1 N–H and O–H groups in total. The Morgan fingerprint density at radius 3 is 2.84 bits per heavy atom. The number of aryl methyl sites for hydroxylation is 1. The molecule has 2 aromatic rings. The molecule has 0 radical (unpaired) electrons. The van der Waals surface area contributed by atoms with Crippen molar-refractivity contribution in [3.05, 3.63) is 63.6 Å². The van der Waals surface area contributed by atoms with Crippen LogP contribution in [0.2, 0.25) is 0 Å². The van der Waals surface area contributed by atoms with E-state index in [2.05, 4.69) is 5.32 Å². The highest BCUT2D eigenvalue weighted by Gasteiger charge is 2.12. The van der Waals surface area contributed by atoms with Gasteiger partial charge in [-0.1, -0.05) is 12.1 Å². The van der Waals surface area contributed by atoms with Gasteiger partial charge in [0.05, 0.1) is 17.2 Å². The third-order valence-corrected chi connectivity index (χ3v) is 3.05. The molecule has 0 bridgehead atoms. The van der Waals surface area contributed by atoms with Crippen LogP contribution in [0.15, 0.2) is 41.0 Å². The van der Waals surface area contributed by atoms with Crippen LogP contribution in [-0.4, -0.2) is 4.92 Å². The maximum atomic E-state index is 10.9. The van der Waals surface area contributed by atoms with E-state index in [9.17, 15) is 10.1 Å². The van der Waals surface area contributed by atoms with E-state index in [0.29, 0.717) is 12.1 Å². The molecule has 0 amide bonds. The number of rotatable bonds is 5. The third kappa shape index (κ3) is 3.20. The van der Waals surface area contributed by atoms with Gasteiger partial charge in [-0.05, 0) is 31.5 Å². The quantitative estimate of drug-likeness (QED) is 0.661. The highest BCUT2D eigenvalue weighted by atomic mass is 16.6. The summed E-state index contributed by atoms with van der Waals surface area (Å²) in [5.41, 5.74) is 1.72. The molecular weight excluding hydrogens is 244 g/mol. The fraction of sp³-hybridized carbons (Fsp3) is 0.286. The predicted molar refractivity (Wildman–Crippen MR) is 71.8 cm³/mol. The van der Waals surface area contributed by atoms with E-state index in [1.165, 1.54) is 0 Å². The second-order valence-electron chi connectivity index (χ2n) is 4.50. The van der Waals surface area contributed by atoms with Crippen molar-refractivity contribution in [3.8, 4) is 0 Å². The van der Waals surface area contributed by atoms with Gasteiger partial charge in [-0.2, -0.15) is 0 Å². The zero-order valence-electron chi connectivity index (χ0n) is 10.9. The average Bonchev–Trinajstić information content (AvgIpc) is 2.91. The molecule has 0 aliphatic carbocycles. The lowest BCUT2D eigenvalue weighted by Gasteiger charge is -2.11. The van der Waals surface area contributed by atoms with Gasteiger partial charge in [0, 0.05) is 18.2 Å². The van der Waals surface area contributed by atoms with Crippen molar-refractivity contribution in [3.63, 3.8) is 0 Å². The van der Waals surface area contributed by atoms with Crippen LogP contribution in [0.25, 0.3) is 0 Å². The van der Waals surface area contributed by atoms with E-state index in [1.807, 2.05) is 25.1 Å². The number of nitrogens with zero attached hydrogens (tertiary/aromatic N) is 1. The van der Waals surface area contributed by atoms with Gasteiger partial charge in [0.1, 0.15) is 5.76 Å². The maximum Gasteiger partial charge on any atom is 0.272 e. The van der Waals surface area contributed by atoms with E-state index in [4.69, 9.17) is 4.42 Å². The first kappa shape index (κ1) is 13.3. The van der Waals surface area contributed by atoms with Crippen molar-refractivity contribution in [1.29, 1.82) is 0 Å². The van der Waals surface area contributed by atoms with Crippen LogP contribution in [-0.2, 0) is 6.54 Å². The van der Waals surface area contributed by atoms with Gasteiger partial charge in [-0.25, -0.2) is 0 Å². The first-order valence-corrected chi connectivity index (χ1v) is 6.08. The Morgan fingerprint density at radius 1 is 1.42 bits per heavy atom. The average molecular weight is 260 g/mol. The molecule has 1 atom stereocenters. The number of nitro benzene ring substituents is 1. The van der Waals surface area contributed by atoms with E-state index in [-0.39, 0.29) is 16.7 Å². The monoisotopic (exact) mass is 260 g/mol. The highest BCUT2D eigenvalue weighted by Crippen LogP contribution is 2.20. The van der Waals surface area contributed by atoms with Crippen LogP contribution in [0.5, 0.6) is 0 Å². The molecule has 0 saturated carbocycles. The lowest BCUT2D eigenvalue weighted by atomic mass is 10.1. The van der Waals surface area contributed by atoms with Crippen molar-refractivity contribution in [2.75, 3.05) is 0 Å². The van der Waals surface area contributed by atoms with Crippen molar-refractivity contribution in [2.45, 2.75) is 26.4 Å². The maximum absolute atomic E-state index is 10.9. The third-order valence-electron chi connectivity index (χ3n) is 3.05. The minimum absolute atomic E-state index is 0.0651. The van der Waals surface area contributed by atoms with E-state index < -0.39 is 0 Å². The lowest BCUT2D eigenvalue weighted by molar-refractivity contribution is -0.385. The van der Waals surface area contributed by atoms with Crippen molar-refractivity contribution in [1.82, 2.24) is 5.32 Å². The topological polar surface area (TPSA) is 68.3 Å². The van der Waals surface area contributed by atoms with Gasteiger partial charge in [0.25, 0.3) is 5.69 Å². The molecule has 0 unspecified atom stereocenters. The van der Waals surface area contributed by atoms with Crippen molar-refractivity contribution in [2.24, 2.45) is 0 Å². The molecule has 0 saturated heterocycles. The molecular formula is C14H16N2O3. The number of hydrogen-bond donors (Lipinski definition) is 1. The zero-order valence-corrected chi connectivity index (χ0v) is 10.9. The largest absolute Gasteiger partial charge is 0.468 e. The molecule has 5 nitrogen and oxygen atoms in total. The molecule has 2 rings (SSSR count). The Bertz CT molecular complexity index is 564. The molecule has 5 heteroatoms. The summed E-state index contributed by atoms with van der Waals surface area (Å²) in [7, 11) is 0. The second-order valence-corrected chi connectivity index (χ2v) is 4.50. The van der Waals surface area contributed by atoms with Crippen molar-refractivity contribution < 1.29 is 9.34 Å². The van der Waals surface area contributed by atoms with E-state index in [0.717, 1.165) is 11.3 Å². The second kappa shape index (κ2) is 5.67. The smallest absolute Gasteiger partial charge is 0.272 e. The van der Waals surface area contributed by atoms with Crippen LogP contribution in [0.1, 0.15) is 29.9 Å². The molecule has 0 spiro atoms. The molecule has 100 valence electrons. The van der Waals surface area contributed by atoms with Gasteiger partial charge in [0.2, 0.25) is 0 Å². The Morgan fingerprint density at radius 2 is 2.21 bits per heavy atom. The van der Waals surface area contributed by atoms with Gasteiger partial charge >= 0.3 is 0 Å². The fourth-order valence-corrected chi connectivity index (χ4v) is 1.87. The molecule has 1 aromatic carbocycles. The summed E-state index contributed by atoms with van der Waals surface area (Å²) in [6.45, 7) is 4.28. The van der Waals surface area contributed by atoms with Crippen LogP contribution < -0.4 is 5.32 Å². The number of hydrogen-bond acceptors (Lipinski definition) is 4. The van der Waals surface area contributed by atoms with Crippen LogP contribution in [0.4, 0.5) is 5.69 Å². The number of benzene rings is 1. The van der Waals surface area contributed by atoms with Gasteiger partial charge in [0.15, 0.2) is 0 Å². The first-order valence-electron chi connectivity index (χ1n) is 6.08. The number of nitrogens with one attached hydrogen (secondary N) is 1. The molecule has 19 heavy (non-hydrogen) atoms. The van der Waals surface area contributed by atoms with Gasteiger partial charge in [-0.15, -0.1) is 0 Å². The highest BCUT2D eigenvalue weighted by molar-refractivity contribution is 5.42. The zero-order chi connectivity index (χ0) is 13.8. The summed E-state index contributed by atoms with van der Waals surface area (Å²) in [6, 6.07) is 9.07. The predicted octanol–water partition coefficient (Wildman–Crippen LogP) is 3.35. The molecule has 0 aliphatic heterocycles. The minimum Gasteiger partial charge on any atom is -0.468 e. The summed E-state index contributed by atoms with van der Waals surface area (Å²) in [4.78, 5) is 10.5. The summed E-state index contributed by atoms with van der Waals surface area (Å²) in [5, 5.41) is 14.1. The SMILES string of the molecule is Cc1ccc(CN[C@@H](C)c2ccco2)cc1[N+](=O)[O-]. The van der Waals surface area contributed by atoms with Gasteiger partial charge < -0.3 is 9.73 Å². The Labute approximate surface area is 111 Å². The normalized spacial score (nSPS) is 12.3. The van der Waals surface area contributed by atoms with E-state index >= 15 is 0 Å². The van der Waals surface area contributed by atoms with Crippen LogP contribution in [0.3, 0.4) is 0 Å². The Kier molecular flexibility index (Phi) is 3.97. The molecule has 0 aliphatic rings. The number of furan rings is 1. The Hall–Kier alpha value is -2.14. The summed E-state index contributed by atoms with van der Waals surface area (Å²) < 4.78 is 5.29. The van der Waals surface area contributed by atoms with Gasteiger partial charge in [-0.3, -0.25) is 10.1 Å². The summed E-state index contributed by atoms with van der Waals surface area (Å²) >= 11 is 0. The fourth-order valence-electron chi connectivity index (χ4n) is 1.87. The lowest BCUT2D eigenvalue weighted by Crippen LogP contribution is -2.17. The molecule has 0 fully saturated rings. The Balaban J connectivity index is 2.04. The summed E-state index contributed by atoms with van der Waals surface area (Å²) in [5.74, 6) is 0.849. The van der Waals surface area contributed by atoms with E-state index in [1.54, 1.807) is 25.3 Å². The standard InChI is InChI=1S/C14H16N2O3/c1-10-5-6-12(8-13(10)16(17)18)9-15-11(2)14-4-3-7-19-14/h3-8,11,15H,9H2,1-2H3/t11-/m0/s1.